The largest absolute Gasteiger partial charge is 0.507 e. The molecule has 4 heteroatoms. The van der Waals surface area contributed by atoms with Gasteiger partial charge in [0, 0.05) is 10.9 Å². The Kier molecular flexibility index (Phi) is 2.84. The summed E-state index contributed by atoms with van der Waals surface area (Å²) >= 11 is 0. The number of aromatic hydroxyl groups is 1. The summed E-state index contributed by atoms with van der Waals surface area (Å²) in [5, 5.41) is 19.9. The first-order valence-corrected chi connectivity index (χ1v) is 6.08. The number of benzene rings is 2. The van der Waals surface area contributed by atoms with Crippen LogP contribution in [0.1, 0.15) is 10.4 Å². The third-order valence-electron chi connectivity index (χ3n) is 3.13. The molecular formula is C16H11NO3. The van der Waals surface area contributed by atoms with Crippen molar-refractivity contribution in [3.63, 3.8) is 0 Å². The zero-order valence-electron chi connectivity index (χ0n) is 10.4. The molecule has 0 aliphatic heterocycles. The first kappa shape index (κ1) is 12.2. The molecule has 3 aromatic rings. The number of pyridine rings is 1. The zero-order valence-corrected chi connectivity index (χ0v) is 10.4. The molecule has 0 saturated heterocycles. The average Bonchev–Trinajstić information content (AvgIpc) is 2.46. The molecular weight excluding hydrogens is 254 g/mol. The van der Waals surface area contributed by atoms with Crippen LogP contribution in [0.25, 0.3) is 22.2 Å². The highest BCUT2D eigenvalue weighted by atomic mass is 16.4. The Bertz CT molecular complexity index is 812. The quantitative estimate of drug-likeness (QED) is 0.745. The monoisotopic (exact) mass is 265 g/mol. The molecule has 0 fully saturated rings. The lowest BCUT2D eigenvalue weighted by molar-refractivity contribution is 0.0694. The Hall–Kier alpha value is -2.88. The number of aromatic nitrogens is 1. The molecule has 1 aromatic heterocycles. The lowest BCUT2D eigenvalue weighted by Gasteiger charge is -2.08. The van der Waals surface area contributed by atoms with Crippen LogP contribution in [0.5, 0.6) is 5.75 Å². The van der Waals surface area contributed by atoms with Gasteiger partial charge >= 0.3 is 5.97 Å². The van der Waals surface area contributed by atoms with Crippen LogP contribution >= 0.6 is 0 Å². The van der Waals surface area contributed by atoms with Crippen molar-refractivity contribution < 1.29 is 15.0 Å². The summed E-state index contributed by atoms with van der Waals surface area (Å²) in [4.78, 5) is 15.7. The van der Waals surface area contributed by atoms with E-state index in [2.05, 4.69) is 4.98 Å². The summed E-state index contributed by atoms with van der Waals surface area (Å²) in [5.74, 6) is -1.43. The fraction of sp³-hybridized carbons (Fsp3) is 0. The van der Waals surface area contributed by atoms with Crippen molar-refractivity contribution >= 4 is 16.9 Å². The molecule has 0 bridgehead atoms. The van der Waals surface area contributed by atoms with Crippen molar-refractivity contribution in [1.29, 1.82) is 0 Å². The van der Waals surface area contributed by atoms with Crippen LogP contribution in [0, 0.1) is 0 Å². The molecule has 0 amide bonds. The third kappa shape index (κ3) is 1.97. The summed E-state index contributed by atoms with van der Waals surface area (Å²) in [6, 6.07) is 15.8. The summed E-state index contributed by atoms with van der Waals surface area (Å²) < 4.78 is 0. The first-order valence-electron chi connectivity index (χ1n) is 6.08. The third-order valence-corrected chi connectivity index (χ3v) is 3.13. The van der Waals surface area contributed by atoms with Gasteiger partial charge in [0.1, 0.15) is 11.3 Å². The second-order valence-corrected chi connectivity index (χ2v) is 4.39. The topological polar surface area (TPSA) is 70.4 Å². The van der Waals surface area contributed by atoms with Gasteiger partial charge in [-0.05, 0) is 18.2 Å². The number of fused-ring (bicyclic) bond motifs is 1. The number of para-hydroxylation sites is 1. The summed E-state index contributed by atoms with van der Waals surface area (Å²) in [6.07, 6.45) is 0. The Morgan fingerprint density at radius 2 is 1.75 bits per heavy atom. The van der Waals surface area contributed by atoms with E-state index in [1.807, 2.05) is 30.3 Å². The molecule has 2 aromatic carbocycles. The van der Waals surface area contributed by atoms with Crippen LogP contribution in [0.15, 0.2) is 54.6 Å². The summed E-state index contributed by atoms with van der Waals surface area (Å²) in [5.41, 5.74) is 1.58. The molecule has 4 nitrogen and oxygen atoms in total. The lowest BCUT2D eigenvalue weighted by Crippen LogP contribution is -2.01. The molecule has 0 aliphatic rings. The standard InChI is InChI=1S/C16H11NO3/c18-14-7-3-5-11(15(14)16(19)20)13-9-8-10-4-1-2-6-12(10)17-13/h1-9,18H,(H,19,20). The van der Waals surface area contributed by atoms with Gasteiger partial charge in [0.15, 0.2) is 0 Å². The molecule has 1 heterocycles. The van der Waals surface area contributed by atoms with E-state index in [4.69, 9.17) is 0 Å². The second kappa shape index (κ2) is 4.66. The van der Waals surface area contributed by atoms with E-state index in [0.29, 0.717) is 11.3 Å². The minimum atomic E-state index is -1.17. The number of aromatic carboxylic acids is 1. The number of hydrogen-bond donors (Lipinski definition) is 2. The van der Waals surface area contributed by atoms with E-state index in [1.165, 1.54) is 6.07 Å². The fourth-order valence-corrected chi connectivity index (χ4v) is 2.19. The first-order chi connectivity index (χ1) is 9.66. The molecule has 3 rings (SSSR count). The maximum atomic E-state index is 11.3. The van der Waals surface area contributed by atoms with E-state index in [9.17, 15) is 15.0 Å². The maximum absolute atomic E-state index is 11.3. The number of hydrogen-bond acceptors (Lipinski definition) is 3. The minimum absolute atomic E-state index is 0.129. The Labute approximate surface area is 115 Å². The van der Waals surface area contributed by atoms with Crippen LogP contribution in [0.2, 0.25) is 0 Å². The van der Waals surface area contributed by atoms with Gasteiger partial charge in [-0.1, -0.05) is 36.4 Å². The average molecular weight is 265 g/mol. The molecule has 0 saturated carbocycles. The van der Waals surface area contributed by atoms with E-state index >= 15 is 0 Å². The number of carboxylic acids is 1. The highest BCUT2D eigenvalue weighted by Crippen LogP contribution is 2.29. The molecule has 20 heavy (non-hydrogen) atoms. The van der Waals surface area contributed by atoms with Gasteiger partial charge in [-0.3, -0.25) is 0 Å². The molecule has 0 radical (unpaired) electrons. The highest BCUT2D eigenvalue weighted by Gasteiger charge is 2.17. The number of carboxylic acid groups (broad SMARTS) is 1. The second-order valence-electron chi connectivity index (χ2n) is 4.39. The van der Waals surface area contributed by atoms with Gasteiger partial charge < -0.3 is 10.2 Å². The molecule has 2 N–H and O–H groups in total. The molecule has 0 atom stereocenters. The number of nitrogens with zero attached hydrogens (tertiary/aromatic N) is 1. The predicted octanol–water partition coefficient (Wildman–Crippen LogP) is 3.31. The number of carbonyl (C=O) groups is 1. The Balaban J connectivity index is 2.25. The van der Waals surface area contributed by atoms with Gasteiger partial charge in [0.2, 0.25) is 0 Å². The van der Waals surface area contributed by atoms with E-state index < -0.39 is 5.97 Å². The van der Waals surface area contributed by atoms with Crippen molar-refractivity contribution in [2.75, 3.05) is 0 Å². The Morgan fingerprint density at radius 3 is 2.55 bits per heavy atom. The molecule has 0 unspecified atom stereocenters. The van der Waals surface area contributed by atoms with Crippen LogP contribution in [0.4, 0.5) is 0 Å². The fourth-order valence-electron chi connectivity index (χ4n) is 2.19. The predicted molar refractivity (Wildman–Crippen MR) is 75.8 cm³/mol. The normalized spacial score (nSPS) is 10.6. The maximum Gasteiger partial charge on any atom is 0.340 e. The number of rotatable bonds is 2. The van der Waals surface area contributed by atoms with Crippen molar-refractivity contribution in [1.82, 2.24) is 4.98 Å². The van der Waals surface area contributed by atoms with E-state index in [-0.39, 0.29) is 11.3 Å². The smallest absolute Gasteiger partial charge is 0.340 e. The van der Waals surface area contributed by atoms with Crippen molar-refractivity contribution in [2.45, 2.75) is 0 Å². The molecule has 0 spiro atoms. The Morgan fingerprint density at radius 1 is 0.950 bits per heavy atom. The van der Waals surface area contributed by atoms with Crippen LogP contribution in [-0.2, 0) is 0 Å². The van der Waals surface area contributed by atoms with Gasteiger partial charge in [0.25, 0.3) is 0 Å². The summed E-state index contributed by atoms with van der Waals surface area (Å²) in [6.45, 7) is 0. The minimum Gasteiger partial charge on any atom is -0.507 e. The van der Waals surface area contributed by atoms with Gasteiger partial charge in [-0.25, -0.2) is 9.78 Å². The molecule has 98 valence electrons. The van der Waals surface area contributed by atoms with Gasteiger partial charge in [-0.2, -0.15) is 0 Å². The lowest BCUT2D eigenvalue weighted by atomic mass is 10.0. The van der Waals surface area contributed by atoms with Crippen molar-refractivity contribution in [2.24, 2.45) is 0 Å². The van der Waals surface area contributed by atoms with Crippen molar-refractivity contribution in [3.8, 4) is 17.0 Å². The zero-order chi connectivity index (χ0) is 14.1. The van der Waals surface area contributed by atoms with Crippen LogP contribution in [-0.4, -0.2) is 21.2 Å². The summed E-state index contributed by atoms with van der Waals surface area (Å²) in [7, 11) is 0. The highest BCUT2D eigenvalue weighted by molar-refractivity contribution is 5.98. The SMILES string of the molecule is O=C(O)c1c(O)cccc1-c1ccc2ccccc2n1. The van der Waals surface area contributed by atoms with Crippen LogP contribution < -0.4 is 0 Å². The van der Waals surface area contributed by atoms with Gasteiger partial charge in [0.05, 0.1) is 11.2 Å². The molecule has 0 aliphatic carbocycles. The van der Waals surface area contributed by atoms with Crippen LogP contribution in [0.3, 0.4) is 0 Å². The van der Waals surface area contributed by atoms with Crippen molar-refractivity contribution in [3.05, 3.63) is 60.2 Å². The van der Waals surface area contributed by atoms with E-state index in [1.54, 1.807) is 18.2 Å². The van der Waals surface area contributed by atoms with Gasteiger partial charge in [-0.15, -0.1) is 0 Å². The number of phenols is 1. The van der Waals surface area contributed by atoms with E-state index in [0.717, 1.165) is 10.9 Å².